The van der Waals surface area contributed by atoms with Gasteiger partial charge in [-0.05, 0) is 12.8 Å². The van der Waals surface area contributed by atoms with Crippen LogP contribution < -0.4 is 0 Å². The van der Waals surface area contributed by atoms with Crippen LogP contribution in [0.4, 0.5) is 0 Å². The van der Waals surface area contributed by atoms with E-state index in [9.17, 15) is 15.3 Å². The minimum Gasteiger partial charge on any atom is -0.394 e. The second-order valence-electron chi connectivity index (χ2n) is 4.82. The minimum absolute atomic E-state index is 0.366. The molecular weight excluding hydrogens is 226 g/mol. The molecule has 0 aliphatic carbocycles. The van der Waals surface area contributed by atoms with Gasteiger partial charge in [-0.3, -0.25) is 4.90 Å². The molecule has 2 aliphatic rings. The summed E-state index contributed by atoms with van der Waals surface area (Å²) in [6.07, 6.45) is -1.88. The van der Waals surface area contributed by atoms with Crippen LogP contribution in [0.2, 0.25) is 0 Å². The van der Waals surface area contributed by atoms with Gasteiger partial charge in [-0.25, -0.2) is 0 Å². The molecule has 1 unspecified atom stereocenters. The summed E-state index contributed by atoms with van der Waals surface area (Å²) in [7, 11) is 0. The van der Waals surface area contributed by atoms with Crippen molar-refractivity contribution in [2.24, 2.45) is 0 Å². The Bertz CT molecular complexity index is 242. The predicted octanol–water partition coefficient (Wildman–Crippen LogP) is -1.73. The summed E-state index contributed by atoms with van der Waals surface area (Å²) < 4.78 is 5.49. The van der Waals surface area contributed by atoms with Crippen molar-refractivity contribution in [1.82, 2.24) is 4.90 Å². The van der Waals surface area contributed by atoms with Gasteiger partial charge in [0.2, 0.25) is 0 Å². The third-order valence-corrected chi connectivity index (χ3v) is 3.62. The molecule has 5 atom stereocenters. The molecule has 0 saturated carbocycles. The van der Waals surface area contributed by atoms with Gasteiger partial charge in [0, 0.05) is 13.1 Å². The van der Waals surface area contributed by atoms with E-state index in [1.54, 1.807) is 0 Å². The van der Waals surface area contributed by atoms with Gasteiger partial charge < -0.3 is 25.2 Å². The number of piperidine rings is 1. The van der Waals surface area contributed by atoms with Crippen molar-refractivity contribution >= 4 is 0 Å². The minimum atomic E-state index is -1.27. The highest BCUT2D eigenvalue weighted by Crippen LogP contribution is 2.25. The highest BCUT2D eigenvalue weighted by Gasteiger charge is 2.45. The Kier molecular flexibility index (Phi) is 4.35. The molecule has 2 aliphatic heterocycles. The van der Waals surface area contributed by atoms with E-state index in [2.05, 4.69) is 0 Å². The Hall–Kier alpha value is -0.240. The van der Waals surface area contributed by atoms with E-state index < -0.39 is 30.6 Å². The van der Waals surface area contributed by atoms with Crippen LogP contribution in [0.3, 0.4) is 0 Å². The van der Waals surface area contributed by atoms with Crippen molar-refractivity contribution < 1.29 is 25.2 Å². The van der Waals surface area contributed by atoms with Crippen LogP contribution in [0.5, 0.6) is 0 Å². The maximum absolute atomic E-state index is 9.92. The Balaban J connectivity index is 2.04. The van der Waals surface area contributed by atoms with E-state index >= 15 is 0 Å². The number of rotatable bonds is 2. The normalized spacial score (nSPS) is 44.8. The van der Waals surface area contributed by atoms with Gasteiger partial charge in [0.25, 0.3) is 0 Å². The molecule has 6 heteroatoms. The molecule has 0 aromatic rings. The number of aliphatic hydroxyl groups excluding tert-OH is 4. The lowest BCUT2D eigenvalue weighted by atomic mass is 9.97. The zero-order valence-electron chi connectivity index (χ0n) is 9.77. The molecule has 100 valence electrons. The van der Waals surface area contributed by atoms with E-state index in [0.717, 1.165) is 32.4 Å². The Labute approximate surface area is 100 Å². The zero-order chi connectivity index (χ0) is 12.4. The Morgan fingerprint density at radius 2 is 1.59 bits per heavy atom. The van der Waals surface area contributed by atoms with Gasteiger partial charge in [-0.1, -0.05) is 6.42 Å². The van der Waals surface area contributed by atoms with E-state index in [-0.39, 0.29) is 6.61 Å². The molecule has 4 N–H and O–H groups in total. The molecule has 0 radical (unpaired) electrons. The van der Waals surface area contributed by atoms with Crippen molar-refractivity contribution in [3.63, 3.8) is 0 Å². The first-order chi connectivity index (χ1) is 8.15. The van der Waals surface area contributed by atoms with E-state index in [0.29, 0.717) is 0 Å². The van der Waals surface area contributed by atoms with Gasteiger partial charge in [0.15, 0.2) is 0 Å². The van der Waals surface area contributed by atoms with Crippen LogP contribution in [-0.4, -0.2) is 75.7 Å². The lowest BCUT2D eigenvalue weighted by Gasteiger charge is -2.45. The monoisotopic (exact) mass is 247 g/mol. The summed E-state index contributed by atoms with van der Waals surface area (Å²) in [5.74, 6) is 0. The van der Waals surface area contributed by atoms with Crippen LogP contribution in [0.15, 0.2) is 0 Å². The number of hydrogen-bond donors (Lipinski definition) is 4. The highest BCUT2D eigenvalue weighted by molar-refractivity contribution is 4.92. The van der Waals surface area contributed by atoms with Crippen LogP contribution in [0.25, 0.3) is 0 Å². The maximum Gasteiger partial charge on any atom is 0.140 e. The van der Waals surface area contributed by atoms with Crippen LogP contribution in [0, 0.1) is 0 Å². The van der Waals surface area contributed by atoms with Crippen molar-refractivity contribution in [3.8, 4) is 0 Å². The van der Waals surface area contributed by atoms with Gasteiger partial charge in [0.1, 0.15) is 30.6 Å². The number of nitrogens with zero attached hydrogens (tertiary/aromatic N) is 1. The second kappa shape index (κ2) is 5.60. The smallest absolute Gasteiger partial charge is 0.140 e. The molecule has 2 rings (SSSR count). The molecule has 2 fully saturated rings. The maximum atomic E-state index is 9.92. The van der Waals surface area contributed by atoms with E-state index in [4.69, 9.17) is 9.84 Å². The molecule has 0 amide bonds. The lowest BCUT2D eigenvalue weighted by Crippen LogP contribution is -2.63. The third-order valence-electron chi connectivity index (χ3n) is 3.62. The van der Waals surface area contributed by atoms with Gasteiger partial charge in [-0.15, -0.1) is 0 Å². The fourth-order valence-electron chi connectivity index (χ4n) is 2.56. The topological polar surface area (TPSA) is 93.4 Å². The molecule has 2 saturated heterocycles. The SMILES string of the molecule is OC[C@H]1OC(N2CCCCC2)[C@H](O)[C@@H](O)[C@H]1O. The number of hydrogen-bond acceptors (Lipinski definition) is 6. The first-order valence-corrected chi connectivity index (χ1v) is 6.19. The van der Waals surface area contributed by atoms with Crippen molar-refractivity contribution in [3.05, 3.63) is 0 Å². The van der Waals surface area contributed by atoms with E-state index in [1.165, 1.54) is 0 Å². The summed E-state index contributed by atoms with van der Waals surface area (Å²) in [6, 6.07) is 0. The van der Waals surface area contributed by atoms with Crippen molar-refractivity contribution in [1.29, 1.82) is 0 Å². The quantitative estimate of drug-likeness (QED) is 0.463. The van der Waals surface area contributed by atoms with Gasteiger partial charge >= 0.3 is 0 Å². The predicted molar refractivity (Wildman–Crippen MR) is 59.2 cm³/mol. The van der Waals surface area contributed by atoms with Crippen LogP contribution in [-0.2, 0) is 4.74 Å². The number of ether oxygens (including phenoxy) is 1. The summed E-state index contributed by atoms with van der Waals surface area (Å²) >= 11 is 0. The van der Waals surface area contributed by atoms with Crippen molar-refractivity contribution in [2.45, 2.75) is 49.9 Å². The average Bonchev–Trinajstić information content (AvgIpc) is 2.37. The molecule has 17 heavy (non-hydrogen) atoms. The molecule has 0 aromatic carbocycles. The molecule has 0 aromatic heterocycles. The molecule has 6 nitrogen and oxygen atoms in total. The molecule has 0 bridgehead atoms. The second-order valence-corrected chi connectivity index (χ2v) is 4.82. The Morgan fingerprint density at radius 1 is 0.941 bits per heavy atom. The first kappa shape index (κ1) is 13.2. The summed E-state index contributed by atoms with van der Waals surface area (Å²) in [5, 5.41) is 38.3. The standard InChI is InChI=1S/C11H21NO5/c13-6-7-8(14)9(15)10(16)11(17-7)12-4-2-1-3-5-12/h7-11,13-16H,1-6H2/t7-,8+,9+,10-,11?/m1/s1. The molecule has 0 spiro atoms. The summed E-state index contributed by atoms with van der Waals surface area (Å²) in [6.45, 7) is 1.25. The summed E-state index contributed by atoms with van der Waals surface area (Å²) in [4.78, 5) is 1.96. The van der Waals surface area contributed by atoms with E-state index in [1.807, 2.05) is 4.90 Å². The largest absolute Gasteiger partial charge is 0.394 e. The van der Waals surface area contributed by atoms with Crippen LogP contribution >= 0.6 is 0 Å². The fourth-order valence-corrected chi connectivity index (χ4v) is 2.56. The fraction of sp³-hybridized carbons (Fsp3) is 1.00. The van der Waals surface area contributed by atoms with Crippen LogP contribution in [0.1, 0.15) is 19.3 Å². The molecule has 2 heterocycles. The average molecular weight is 247 g/mol. The summed E-state index contributed by atoms with van der Waals surface area (Å²) in [5.41, 5.74) is 0. The number of likely N-dealkylation sites (tertiary alicyclic amines) is 1. The Morgan fingerprint density at radius 3 is 2.18 bits per heavy atom. The van der Waals surface area contributed by atoms with Gasteiger partial charge in [0.05, 0.1) is 6.61 Å². The lowest BCUT2D eigenvalue weighted by molar-refractivity contribution is -0.266. The van der Waals surface area contributed by atoms with Crippen molar-refractivity contribution in [2.75, 3.05) is 19.7 Å². The first-order valence-electron chi connectivity index (χ1n) is 6.19. The van der Waals surface area contributed by atoms with Gasteiger partial charge in [-0.2, -0.15) is 0 Å². The highest BCUT2D eigenvalue weighted by atomic mass is 16.6. The zero-order valence-corrected chi connectivity index (χ0v) is 9.77. The third kappa shape index (κ3) is 2.62. The number of aliphatic hydroxyl groups is 4. The molecular formula is C11H21NO5.